The Hall–Kier alpha value is -5.76. The third-order valence-electron chi connectivity index (χ3n) is 7.54. The zero-order valence-corrected chi connectivity index (χ0v) is 26.5. The summed E-state index contributed by atoms with van der Waals surface area (Å²) in [6, 6.07) is 37.7. The standard InChI is InChI=1S/C40H38O8/c41-39(42)35-23-24-36(45-25-9-7-13-29-15-11-21-33(27-29)47-31-17-3-1-4-18-31)38(37(35)40(43)44)46-26-10-8-14-30-16-12-22-34(28-30)48-32-19-5-2-6-20-32/h1-6,11-12,15-24,27-28H,7-10,13-14,25-26H2,(H,41,42)(H,43,44). The zero-order chi connectivity index (χ0) is 33.6. The molecule has 0 aliphatic carbocycles. The quantitative estimate of drug-likeness (QED) is 0.0906. The number of benzene rings is 5. The molecule has 0 unspecified atom stereocenters. The summed E-state index contributed by atoms with van der Waals surface area (Å²) < 4.78 is 23.8. The minimum Gasteiger partial charge on any atom is -0.490 e. The number of aryl methyl sites for hydroxylation is 2. The smallest absolute Gasteiger partial charge is 0.340 e. The van der Waals surface area contributed by atoms with Gasteiger partial charge in [-0.1, -0.05) is 60.7 Å². The molecule has 0 bridgehead atoms. The first kappa shape index (κ1) is 33.6. The van der Waals surface area contributed by atoms with Crippen molar-refractivity contribution < 1.29 is 38.7 Å². The highest BCUT2D eigenvalue weighted by atomic mass is 16.5. The van der Waals surface area contributed by atoms with Crippen LogP contribution < -0.4 is 18.9 Å². The van der Waals surface area contributed by atoms with Crippen molar-refractivity contribution >= 4 is 11.9 Å². The van der Waals surface area contributed by atoms with Crippen LogP contribution in [0, 0.1) is 0 Å². The summed E-state index contributed by atoms with van der Waals surface area (Å²) in [7, 11) is 0. The summed E-state index contributed by atoms with van der Waals surface area (Å²) in [6.07, 6.45) is 4.47. The molecule has 5 rings (SSSR count). The molecule has 8 nitrogen and oxygen atoms in total. The van der Waals surface area contributed by atoms with Crippen LogP contribution in [0.15, 0.2) is 121 Å². The van der Waals surface area contributed by atoms with Crippen LogP contribution >= 0.6 is 0 Å². The Morgan fingerprint density at radius 1 is 0.500 bits per heavy atom. The minimum atomic E-state index is -1.39. The van der Waals surface area contributed by atoms with Crippen LogP contribution in [0.2, 0.25) is 0 Å². The van der Waals surface area contributed by atoms with Gasteiger partial charge in [-0.25, -0.2) is 9.59 Å². The van der Waals surface area contributed by atoms with Crippen molar-refractivity contribution in [3.8, 4) is 34.5 Å². The van der Waals surface area contributed by atoms with Crippen LogP contribution in [-0.4, -0.2) is 35.4 Å². The maximum Gasteiger partial charge on any atom is 0.340 e. The maximum absolute atomic E-state index is 12.2. The molecule has 0 fully saturated rings. The van der Waals surface area contributed by atoms with Gasteiger partial charge in [-0.2, -0.15) is 0 Å². The molecule has 0 radical (unpaired) electrons. The second-order valence-corrected chi connectivity index (χ2v) is 11.2. The Kier molecular flexibility index (Phi) is 12.1. The van der Waals surface area contributed by atoms with E-state index < -0.39 is 17.5 Å². The number of ether oxygens (including phenoxy) is 4. The summed E-state index contributed by atoms with van der Waals surface area (Å²) in [5, 5.41) is 19.6. The van der Waals surface area contributed by atoms with Crippen LogP contribution in [0.25, 0.3) is 0 Å². The van der Waals surface area contributed by atoms with Crippen molar-refractivity contribution in [3.05, 3.63) is 144 Å². The molecule has 5 aromatic rings. The lowest BCUT2D eigenvalue weighted by atomic mass is 10.1. The van der Waals surface area contributed by atoms with Gasteiger partial charge in [-0.05, 0) is 110 Å². The molecule has 48 heavy (non-hydrogen) atoms. The van der Waals surface area contributed by atoms with E-state index >= 15 is 0 Å². The number of aromatic carboxylic acids is 2. The third kappa shape index (κ3) is 9.87. The highest BCUT2D eigenvalue weighted by molar-refractivity contribution is 6.04. The van der Waals surface area contributed by atoms with Crippen LogP contribution in [0.4, 0.5) is 0 Å². The highest BCUT2D eigenvalue weighted by Crippen LogP contribution is 2.35. The molecule has 0 heterocycles. The molecule has 0 spiro atoms. The Morgan fingerprint density at radius 2 is 1.00 bits per heavy atom. The first-order chi connectivity index (χ1) is 23.5. The van der Waals surface area contributed by atoms with Crippen LogP contribution in [0.3, 0.4) is 0 Å². The summed E-state index contributed by atoms with van der Waals surface area (Å²) in [5.41, 5.74) is 1.46. The van der Waals surface area contributed by atoms with Gasteiger partial charge >= 0.3 is 11.9 Å². The summed E-state index contributed by atoms with van der Waals surface area (Å²) in [5.74, 6) is 0.461. The van der Waals surface area contributed by atoms with Crippen molar-refractivity contribution in [3.63, 3.8) is 0 Å². The van der Waals surface area contributed by atoms with Crippen molar-refractivity contribution in [1.82, 2.24) is 0 Å². The molecule has 0 aliphatic rings. The number of rotatable bonds is 18. The molecule has 5 aromatic carbocycles. The number of hydrogen-bond donors (Lipinski definition) is 2. The Bertz CT molecular complexity index is 1790. The minimum absolute atomic E-state index is 0.0635. The van der Waals surface area contributed by atoms with Gasteiger partial charge < -0.3 is 29.2 Å². The van der Waals surface area contributed by atoms with Crippen molar-refractivity contribution in [2.75, 3.05) is 13.2 Å². The number of carboxylic acid groups (broad SMARTS) is 2. The molecule has 0 amide bonds. The van der Waals surface area contributed by atoms with E-state index in [-0.39, 0.29) is 23.7 Å². The summed E-state index contributed by atoms with van der Waals surface area (Å²) in [6.45, 7) is 0.505. The van der Waals surface area contributed by atoms with Crippen LogP contribution in [-0.2, 0) is 12.8 Å². The molecule has 0 aromatic heterocycles. The second kappa shape index (κ2) is 17.2. The Labute approximate surface area is 280 Å². The average Bonchev–Trinajstić information content (AvgIpc) is 3.09. The highest BCUT2D eigenvalue weighted by Gasteiger charge is 2.25. The predicted molar refractivity (Wildman–Crippen MR) is 183 cm³/mol. The lowest BCUT2D eigenvalue weighted by molar-refractivity contribution is 0.0646. The van der Waals surface area contributed by atoms with Crippen LogP contribution in [0.5, 0.6) is 34.5 Å². The van der Waals surface area contributed by atoms with Gasteiger partial charge in [0.2, 0.25) is 0 Å². The first-order valence-corrected chi connectivity index (χ1v) is 16.0. The molecule has 8 heteroatoms. The van der Waals surface area contributed by atoms with Crippen molar-refractivity contribution in [1.29, 1.82) is 0 Å². The third-order valence-corrected chi connectivity index (χ3v) is 7.54. The zero-order valence-electron chi connectivity index (χ0n) is 26.5. The number of carboxylic acids is 2. The topological polar surface area (TPSA) is 112 Å². The van der Waals surface area contributed by atoms with E-state index in [2.05, 4.69) is 0 Å². The number of carbonyl (C=O) groups is 2. The van der Waals surface area contributed by atoms with Crippen molar-refractivity contribution in [2.45, 2.75) is 38.5 Å². The van der Waals surface area contributed by atoms with E-state index in [1.165, 1.54) is 12.1 Å². The molecule has 0 aliphatic heterocycles. The van der Waals surface area contributed by atoms with Gasteiger partial charge in [0.05, 0.1) is 18.8 Å². The van der Waals surface area contributed by atoms with E-state index in [0.29, 0.717) is 19.4 Å². The fourth-order valence-corrected chi connectivity index (χ4v) is 5.21. The van der Waals surface area contributed by atoms with E-state index in [0.717, 1.165) is 59.8 Å². The van der Waals surface area contributed by atoms with Gasteiger partial charge in [-0.3, -0.25) is 0 Å². The Balaban J connectivity index is 1.14. The fourth-order valence-electron chi connectivity index (χ4n) is 5.21. The van der Waals surface area contributed by atoms with Gasteiger partial charge in [0.15, 0.2) is 11.5 Å². The number of para-hydroxylation sites is 2. The van der Waals surface area contributed by atoms with E-state index in [9.17, 15) is 19.8 Å². The summed E-state index contributed by atoms with van der Waals surface area (Å²) in [4.78, 5) is 24.0. The van der Waals surface area contributed by atoms with E-state index in [1.807, 2.05) is 109 Å². The molecule has 2 N–H and O–H groups in total. The van der Waals surface area contributed by atoms with Gasteiger partial charge in [0, 0.05) is 0 Å². The van der Waals surface area contributed by atoms with Gasteiger partial charge in [-0.15, -0.1) is 0 Å². The fraction of sp³-hybridized carbons (Fsp3) is 0.200. The van der Waals surface area contributed by atoms with Gasteiger partial charge in [0.25, 0.3) is 0 Å². The largest absolute Gasteiger partial charge is 0.490 e. The lowest BCUT2D eigenvalue weighted by Gasteiger charge is -2.17. The molecule has 0 atom stereocenters. The second-order valence-electron chi connectivity index (χ2n) is 11.2. The first-order valence-electron chi connectivity index (χ1n) is 16.0. The number of unbranched alkanes of at least 4 members (excludes halogenated alkanes) is 2. The molecular formula is C40H38O8. The van der Waals surface area contributed by atoms with Crippen LogP contribution in [0.1, 0.15) is 57.5 Å². The molecule has 0 saturated carbocycles. The predicted octanol–water partition coefficient (Wildman–Crippen LogP) is 9.47. The monoisotopic (exact) mass is 646 g/mol. The lowest BCUT2D eigenvalue weighted by Crippen LogP contribution is -2.13. The molecular weight excluding hydrogens is 608 g/mol. The normalized spacial score (nSPS) is 10.7. The van der Waals surface area contributed by atoms with E-state index in [1.54, 1.807) is 0 Å². The maximum atomic E-state index is 12.2. The van der Waals surface area contributed by atoms with Gasteiger partial charge in [0.1, 0.15) is 28.6 Å². The SMILES string of the molecule is O=C(O)c1ccc(OCCCCc2cccc(Oc3ccccc3)c2)c(OCCCCc2cccc(Oc3ccccc3)c2)c1C(=O)O. The van der Waals surface area contributed by atoms with E-state index in [4.69, 9.17) is 18.9 Å². The molecule has 0 saturated heterocycles. The number of hydrogen-bond acceptors (Lipinski definition) is 6. The average molecular weight is 647 g/mol. The Morgan fingerprint density at radius 3 is 1.50 bits per heavy atom. The van der Waals surface area contributed by atoms with Crippen molar-refractivity contribution in [2.24, 2.45) is 0 Å². The summed E-state index contributed by atoms with van der Waals surface area (Å²) >= 11 is 0. The molecule has 246 valence electrons.